The molecule has 0 spiro atoms. The van der Waals surface area contributed by atoms with Crippen LogP contribution >= 0.6 is 0 Å². The molecular formula is C16H18N4O. The van der Waals surface area contributed by atoms with E-state index in [2.05, 4.69) is 16.0 Å². The standard InChI is InChI=1S/C16H18N4O/c1-11-7-8-12(9-18-11)14-10-19-16(17)20(14)13-5-3-4-6-15(13)21-2/h3-9,14H,10H2,1-2H3,(H2,17,19). The second kappa shape index (κ2) is 5.44. The first-order valence-electron chi connectivity index (χ1n) is 6.85. The number of anilines is 1. The highest BCUT2D eigenvalue weighted by Crippen LogP contribution is 2.36. The number of nitrogens with two attached hydrogens (primary N) is 1. The molecule has 2 heterocycles. The van der Waals surface area contributed by atoms with E-state index in [9.17, 15) is 0 Å². The summed E-state index contributed by atoms with van der Waals surface area (Å²) in [7, 11) is 1.66. The predicted molar refractivity (Wildman–Crippen MR) is 83.7 cm³/mol. The summed E-state index contributed by atoms with van der Waals surface area (Å²) in [5, 5.41) is 0. The van der Waals surface area contributed by atoms with Crippen LogP contribution in [0, 0.1) is 6.92 Å². The Labute approximate surface area is 124 Å². The molecule has 108 valence electrons. The number of rotatable bonds is 3. The molecule has 1 unspecified atom stereocenters. The van der Waals surface area contributed by atoms with Crippen LogP contribution in [-0.2, 0) is 0 Å². The Hall–Kier alpha value is -2.56. The van der Waals surface area contributed by atoms with Gasteiger partial charge in [0.25, 0.3) is 0 Å². The molecule has 0 amide bonds. The lowest BCUT2D eigenvalue weighted by Crippen LogP contribution is -2.36. The summed E-state index contributed by atoms with van der Waals surface area (Å²) in [6, 6.07) is 11.9. The minimum Gasteiger partial charge on any atom is -0.495 e. The topological polar surface area (TPSA) is 63.7 Å². The highest BCUT2D eigenvalue weighted by molar-refractivity contribution is 5.98. The van der Waals surface area contributed by atoms with Crippen molar-refractivity contribution < 1.29 is 4.74 Å². The molecule has 2 aromatic rings. The van der Waals surface area contributed by atoms with Crippen molar-refractivity contribution >= 4 is 11.6 Å². The number of guanidine groups is 1. The summed E-state index contributed by atoms with van der Waals surface area (Å²) in [6.45, 7) is 2.59. The van der Waals surface area contributed by atoms with Gasteiger partial charge in [-0.3, -0.25) is 14.9 Å². The van der Waals surface area contributed by atoms with Crippen LogP contribution in [0.1, 0.15) is 17.3 Å². The van der Waals surface area contributed by atoms with Crippen molar-refractivity contribution in [2.24, 2.45) is 10.7 Å². The SMILES string of the molecule is COc1ccccc1N1C(N)=NCC1c1ccc(C)nc1. The average molecular weight is 282 g/mol. The molecular weight excluding hydrogens is 264 g/mol. The van der Waals surface area contributed by atoms with E-state index in [1.807, 2.05) is 48.4 Å². The van der Waals surface area contributed by atoms with Crippen LogP contribution in [-0.4, -0.2) is 24.6 Å². The lowest BCUT2D eigenvalue weighted by molar-refractivity contribution is 0.415. The fourth-order valence-electron chi connectivity index (χ4n) is 2.55. The van der Waals surface area contributed by atoms with Crippen molar-refractivity contribution in [3.05, 3.63) is 53.9 Å². The maximum Gasteiger partial charge on any atom is 0.196 e. The van der Waals surface area contributed by atoms with E-state index in [1.54, 1.807) is 7.11 Å². The Bertz CT molecular complexity index is 666. The minimum atomic E-state index is 0.0504. The zero-order valence-electron chi connectivity index (χ0n) is 12.2. The van der Waals surface area contributed by atoms with Gasteiger partial charge in [-0.15, -0.1) is 0 Å². The first-order chi connectivity index (χ1) is 10.2. The second-order valence-electron chi connectivity index (χ2n) is 4.99. The van der Waals surface area contributed by atoms with Crippen LogP contribution in [0.25, 0.3) is 0 Å². The summed E-state index contributed by atoms with van der Waals surface area (Å²) in [4.78, 5) is 10.8. The van der Waals surface area contributed by atoms with Gasteiger partial charge in [-0.2, -0.15) is 0 Å². The summed E-state index contributed by atoms with van der Waals surface area (Å²) < 4.78 is 5.44. The van der Waals surface area contributed by atoms with Crippen molar-refractivity contribution in [2.75, 3.05) is 18.6 Å². The van der Waals surface area contributed by atoms with Crippen molar-refractivity contribution in [1.82, 2.24) is 4.98 Å². The smallest absolute Gasteiger partial charge is 0.196 e. The molecule has 1 aliphatic heterocycles. The molecule has 0 aliphatic carbocycles. The number of aromatic nitrogens is 1. The van der Waals surface area contributed by atoms with Gasteiger partial charge in [0.05, 0.1) is 25.4 Å². The molecule has 2 N–H and O–H groups in total. The summed E-state index contributed by atoms with van der Waals surface area (Å²) >= 11 is 0. The summed E-state index contributed by atoms with van der Waals surface area (Å²) in [5.74, 6) is 1.28. The fourth-order valence-corrected chi connectivity index (χ4v) is 2.55. The van der Waals surface area contributed by atoms with Crippen molar-refractivity contribution in [1.29, 1.82) is 0 Å². The Kier molecular flexibility index (Phi) is 3.48. The molecule has 0 saturated heterocycles. The monoisotopic (exact) mass is 282 g/mol. The molecule has 0 fully saturated rings. The van der Waals surface area contributed by atoms with Crippen LogP contribution in [0.15, 0.2) is 47.6 Å². The third kappa shape index (κ3) is 2.42. The second-order valence-corrected chi connectivity index (χ2v) is 4.99. The van der Waals surface area contributed by atoms with E-state index < -0.39 is 0 Å². The fraction of sp³-hybridized carbons (Fsp3) is 0.250. The number of benzene rings is 1. The quantitative estimate of drug-likeness (QED) is 0.938. The highest BCUT2D eigenvalue weighted by atomic mass is 16.5. The van der Waals surface area contributed by atoms with Gasteiger partial charge in [-0.25, -0.2) is 0 Å². The number of aliphatic imine (C=N–C) groups is 1. The van der Waals surface area contributed by atoms with Gasteiger partial charge < -0.3 is 10.5 Å². The lowest BCUT2D eigenvalue weighted by Gasteiger charge is -2.27. The molecule has 0 bridgehead atoms. The van der Waals surface area contributed by atoms with E-state index in [1.165, 1.54) is 0 Å². The van der Waals surface area contributed by atoms with Gasteiger partial charge in [0.1, 0.15) is 5.75 Å². The van der Waals surface area contributed by atoms with Crippen LogP contribution in [0.2, 0.25) is 0 Å². The Morgan fingerprint density at radius 3 is 2.76 bits per heavy atom. The van der Waals surface area contributed by atoms with Crippen molar-refractivity contribution in [3.63, 3.8) is 0 Å². The van der Waals surface area contributed by atoms with E-state index in [0.29, 0.717) is 12.5 Å². The zero-order valence-corrected chi connectivity index (χ0v) is 12.2. The normalized spacial score (nSPS) is 17.7. The maximum absolute atomic E-state index is 6.09. The number of methoxy groups -OCH3 is 1. The van der Waals surface area contributed by atoms with Crippen molar-refractivity contribution in [3.8, 4) is 5.75 Å². The molecule has 1 atom stereocenters. The summed E-state index contributed by atoms with van der Waals surface area (Å²) in [6.07, 6.45) is 1.89. The van der Waals surface area contributed by atoms with Gasteiger partial charge in [-0.05, 0) is 30.7 Å². The number of pyridine rings is 1. The van der Waals surface area contributed by atoms with Crippen LogP contribution in [0.5, 0.6) is 5.75 Å². The Morgan fingerprint density at radius 2 is 2.05 bits per heavy atom. The molecule has 3 rings (SSSR count). The maximum atomic E-state index is 6.09. The molecule has 1 aromatic carbocycles. The Balaban J connectivity index is 2.01. The number of hydrogen-bond donors (Lipinski definition) is 1. The third-order valence-electron chi connectivity index (χ3n) is 3.65. The Morgan fingerprint density at radius 1 is 1.24 bits per heavy atom. The number of hydrogen-bond acceptors (Lipinski definition) is 5. The molecule has 0 radical (unpaired) electrons. The van der Waals surface area contributed by atoms with E-state index in [4.69, 9.17) is 10.5 Å². The lowest BCUT2D eigenvalue weighted by atomic mass is 10.1. The van der Waals surface area contributed by atoms with Gasteiger partial charge in [0.2, 0.25) is 0 Å². The first kappa shape index (κ1) is 13.4. The molecule has 5 nitrogen and oxygen atoms in total. The molecule has 1 aliphatic rings. The zero-order chi connectivity index (χ0) is 14.8. The number of para-hydroxylation sites is 2. The van der Waals surface area contributed by atoms with Gasteiger partial charge in [-0.1, -0.05) is 18.2 Å². The van der Waals surface area contributed by atoms with Crippen LogP contribution in [0.3, 0.4) is 0 Å². The van der Waals surface area contributed by atoms with E-state index in [-0.39, 0.29) is 6.04 Å². The predicted octanol–water partition coefficient (Wildman–Crippen LogP) is 2.27. The molecule has 21 heavy (non-hydrogen) atoms. The summed E-state index contributed by atoms with van der Waals surface area (Å²) in [5.41, 5.74) is 9.10. The molecule has 1 aromatic heterocycles. The van der Waals surface area contributed by atoms with Crippen LogP contribution < -0.4 is 15.4 Å². The largest absolute Gasteiger partial charge is 0.495 e. The minimum absolute atomic E-state index is 0.0504. The van der Waals surface area contributed by atoms with Gasteiger partial charge in [0, 0.05) is 11.9 Å². The van der Waals surface area contributed by atoms with Gasteiger partial charge in [0.15, 0.2) is 5.96 Å². The molecule has 0 saturated carbocycles. The van der Waals surface area contributed by atoms with Crippen LogP contribution in [0.4, 0.5) is 5.69 Å². The molecule has 5 heteroatoms. The average Bonchev–Trinajstić information content (AvgIpc) is 2.89. The van der Waals surface area contributed by atoms with E-state index in [0.717, 1.165) is 22.7 Å². The number of nitrogens with zero attached hydrogens (tertiary/aromatic N) is 3. The van der Waals surface area contributed by atoms with Crippen molar-refractivity contribution in [2.45, 2.75) is 13.0 Å². The third-order valence-corrected chi connectivity index (χ3v) is 3.65. The highest BCUT2D eigenvalue weighted by Gasteiger charge is 2.30. The first-order valence-corrected chi connectivity index (χ1v) is 6.85. The van der Waals surface area contributed by atoms with E-state index >= 15 is 0 Å². The number of aryl methyl sites for hydroxylation is 1. The van der Waals surface area contributed by atoms with Gasteiger partial charge >= 0.3 is 0 Å². The number of ether oxygens (including phenoxy) is 1.